The van der Waals surface area contributed by atoms with Crippen molar-refractivity contribution in [2.24, 2.45) is 5.73 Å². The molecule has 1 fully saturated rings. The van der Waals surface area contributed by atoms with Gasteiger partial charge in [0.25, 0.3) is 0 Å². The number of aromatic nitrogens is 2. The Morgan fingerprint density at radius 1 is 1.03 bits per heavy atom. The van der Waals surface area contributed by atoms with E-state index in [0.29, 0.717) is 11.6 Å². The molecular weight excluding hydrogens is 488 g/mol. The third kappa shape index (κ3) is 6.52. The molecular formula is C27H26F4N4O2. The minimum atomic E-state index is -5.08. The monoisotopic (exact) mass is 514 g/mol. The van der Waals surface area contributed by atoms with Crippen LogP contribution >= 0.6 is 0 Å². The molecule has 37 heavy (non-hydrogen) atoms. The molecule has 0 spiro atoms. The summed E-state index contributed by atoms with van der Waals surface area (Å²) in [6.07, 6.45) is -2.63. The number of aliphatic carboxylic acids is 1. The number of rotatable bonds is 5. The maximum absolute atomic E-state index is 13.4. The number of H-pyrrole nitrogens is 1. The van der Waals surface area contributed by atoms with Gasteiger partial charge in [-0.3, -0.25) is 4.90 Å². The van der Waals surface area contributed by atoms with Gasteiger partial charge in [-0.15, -0.1) is 0 Å². The van der Waals surface area contributed by atoms with Gasteiger partial charge in [-0.2, -0.15) is 13.2 Å². The highest BCUT2D eigenvalue weighted by Crippen LogP contribution is 2.26. The fourth-order valence-corrected chi connectivity index (χ4v) is 4.35. The smallest absolute Gasteiger partial charge is 0.475 e. The van der Waals surface area contributed by atoms with Crippen molar-refractivity contribution in [3.05, 3.63) is 78.1 Å². The van der Waals surface area contributed by atoms with Gasteiger partial charge in [0.1, 0.15) is 11.6 Å². The Morgan fingerprint density at radius 3 is 2.22 bits per heavy atom. The summed E-state index contributed by atoms with van der Waals surface area (Å²) in [6.45, 7) is 2.85. The fourth-order valence-electron chi connectivity index (χ4n) is 4.35. The van der Waals surface area contributed by atoms with E-state index in [0.717, 1.165) is 42.1 Å². The molecule has 5 rings (SSSR count). The number of hydrogen-bond donors (Lipinski definition) is 3. The van der Waals surface area contributed by atoms with Crippen LogP contribution in [0.4, 0.5) is 17.6 Å². The number of alkyl halides is 3. The lowest BCUT2D eigenvalue weighted by Gasteiger charge is -2.23. The molecule has 1 aromatic heterocycles. The molecule has 4 N–H and O–H groups in total. The summed E-state index contributed by atoms with van der Waals surface area (Å²) in [4.78, 5) is 19.1. The van der Waals surface area contributed by atoms with Crippen molar-refractivity contribution in [3.8, 4) is 22.5 Å². The molecule has 3 aromatic carbocycles. The first kappa shape index (κ1) is 26.3. The molecule has 4 aromatic rings. The first-order chi connectivity index (χ1) is 17.6. The van der Waals surface area contributed by atoms with Crippen LogP contribution in [0.25, 0.3) is 33.5 Å². The van der Waals surface area contributed by atoms with Crippen LogP contribution in [-0.4, -0.2) is 51.3 Å². The van der Waals surface area contributed by atoms with E-state index in [1.165, 1.54) is 36.1 Å². The predicted octanol–water partition coefficient (Wildman–Crippen LogP) is 5.59. The third-order valence-electron chi connectivity index (χ3n) is 6.29. The van der Waals surface area contributed by atoms with Gasteiger partial charge in [0, 0.05) is 24.7 Å². The molecule has 1 saturated heterocycles. The minimum Gasteiger partial charge on any atom is -0.475 e. The highest BCUT2D eigenvalue weighted by atomic mass is 19.4. The molecule has 194 valence electrons. The normalized spacial score (nSPS) is 16.0. The summed E-state index contributed by atoms with van der Waals surface area (Å²) in [7, 11) is 0. The Kier molecular flexibility index (Phi) is 7.89. The number of aromatic amines is 1. The Balaban J connectivity index is 0.000000405. The quantitative estimate of drug-likeness (QED) is 0.302. The summed E-state index contributed by atoms with van der Waals surface area (Å²) in [5, 5.41) is 7.12. The number of carbonyl (C=O) groups is 1. The molecule has 0 radical (unpaired) electrons. The second-order valence-electron chi connectivity index (χ2n) is 8.83. The van der Waals surface area contributed by atoms with Gasteiger partial charge < -0.3 is 15.8 Å². The topological polar surface area (TPSA) is 95.2 Å². The molecule has 0 saturated carbocycles. The molecule has 0 aliphatic carbocycles. The highest BCUT2D eigenvalue weighted by molar-refractivity contribution is 5.80. The van der Waals surface area contributed by atoms with Crippen molar-refractivity contribution < 1.29 is 27.5 Å². The van der Waals surface area contributed by atoms with E-state index in [4.69, 9.17) is 15.6 Å². The van der Waals surface area contributed by atoms with Crippen LogP contribution in [0, 0.1) is 5.82 Å². The average molecular weight is 515 g/mol. The lowest BCUT2D eigenvalue weighted by molar-refractivity contribution is -0.192. The number of carboxylic acid groups (broad SMARTS) is 1. The number of imidazole rings is 1. The van der Waals surface area contributed by atoms with Crippen molar-refractivity contribution in [2.75, 3.05) is 13.1 Å². The second kappa shape index (κ2) is 11.1. The summed E-state index contributed by atoms with van der Waals surface area (Å²) < 4.78 is 45.1. The Morgan fingerprint density at radius 2 is 1.62 bits per heavy atom. The molecule has 0 amide bonds. The number of halogens is 4. The number of benzene rings is 3. The van der Waals surface area contributed by atoms with Gasteiger partial charge in [-0.05, 0) is 54.3 Å². The van der Waals surface area contributed by atoms with Crippen LogP contribution < -0.4 is 5.73 Å². The van der Waals surface area contributed by atoms with E-state index in [9.17, 15) is 17.6 Å². The minimum absolute atomic E-state index is 0.264. The van der Waals surface area contributed by atoms with Gasteiger partial charge in [0.05, 0.1) is 11.0 Å². The molecule has 1 unspecified atom stereocenters. The van der Waals surface area contributed by atoms with E-state index in [1.807, 2.05) is 12.1 Å². The van der Waals surface area contributed by atoms with Gasteiger partial charge in [-0.25, -0.2) is 14.2 Å². The lowest BCUT2D eigenvalue weighted by atomic mass is 10.0. The van der Waals surface area contributed by atoms with Crippen molar-refractivity contribution >= 4 is 17.0 Å². The summed E-state index contributed by atoms with van der Waals surface area (Å²) in [6, 6.07) is 22.2. The first-order valence-corrected chi connectivity index (χ1v) is 11.7. The standard InChI is InChI=1S/C25H25FN4.C2HF3O2/c26-21-11-12-23-24(14-21)29-25(28-23)20-9-7-19(8-10-20)18-5-3-17(4-6-18)16-30-13-1-2-22(30)15-27;3-2(4,5)1(6)7/h3-12,14,22H,1-2,13,15-16,27H2,(H,28,29);(H,6,7). The van der Waals surface area contributed by atoms with Crippen LogP contribution in [0.2, 0.25) is 0 Å². The zero-order chi connectivity index (χ0) is 26.6. The Hall–Kier alpha value is -3.76. The molecule has 1 aliphatic rings. The van der Waals surface area contributed by atoms with E-state index in [-0.39, 0.29) is 5.82 Å². The van der Waals surface area contributed by atoms with Crippen LogP contribution in [0.5, 0.6) is 0 Å². The molecule has 1 atom stereocenters. The fraction of sp³-hybridized carbons (Fsp3) is 0.259. The summed E-state index contributed by atoms with van der Waals surface area (Å²) in [5.41, 5.74) is 12.0. The number of nitrogens with two attached hydrogens (primary N) is 1. The SMILES string of the molecule is NCC1CCCN1Cc1ccc(-c2ccc(-c3nc4ccc(F)cc4[nH]3)cc2)cc1.O=C(O)C(F)(F)F. The zero-order valence-corrected chi connectivity index (χ0v) is 19.8. The van der Waals surface area contributed by atoms with E-state index in [1.54, 1.807) is 6.07 Å². The molecule has 2 heterocycles. The van der Waals surface area contributed by atoms with Crippen molar-refractivity contribution in [3.63, 3.8) is 0 Å². The number of fused-ring (bicyclic) bond motifs is 1. The van der Waals surface area contributed by atoms with Gasteiger partial charge in [0.2, 0.25) is 0 Å². The largest absolute Gasteiger partial charge is 0.490 e. The summed E-state index contributed by atoms with van der Waals surface area (Å²) >= 11 is 0. The van der Waals surface area contributed by atoms with Gasteiger partial charge in [0.15, 0.2) is 0 Å². The lowest BCUT2D eigenvalue weighted by Crippen LogP contribution is -2.34. The second-order valence-corrected chi connectivity index (χ2v) is 8.83. The number of hydrogen-bond acceptors (Lipinski definition) is 4. The highest BCUT2D eigenvalue weighted by Gasteiger charge is 2.38. The van der Waals surface area contributed by atoms with Crippen LogP contribution in [-0.2, 0) is 11.3 Å². The van der Waals surface area contributed by atoms with Crippen molar-refractivity contribution in [1.29, 1.82) is 0 Å². The van der Waals surface area contributed by atoms with Crippen LogP contribution in [0.3, 0.4) is 0 Å². The van der Waals surface area contributed by atoms with Crippen molar-refractivity contribution in [2.45, 2.75) is 31.6 Å². The van der Waals surface area contributed by atoms with E-state index < -0.39 is 12.1 Å². The molecule has 10 heteroatoms. The number of nitrogens with zero attached hydrogens (tertiary/aromatic N) is 2. The van der Waals surface area contributed by atoms with Crippen LogP contribution in [0.15, 0.2) is 66.7 Å². The number of likely N-dealkylation sites (tertiary alicyclic amines) is 1. The predicted molar refractivity (Wildman–Crippen MR) is 133 cm³/mol. The van der Waals surface area contributed by atoms with E-state index >= 15 is 0 Å². The molecule has 1 aliphatic heterocycles. The molecule has 6 nitrogen and oxygen atoms in total. The van der Waals surface area contributed by atoms with Crippen molar-refractivity contribution in [1.82, 2.24) is 14.9 Å². The van der Waals surface area contributed by atoms with Crippen LogP contribution in [0.1, 0.15) is 18.4 Å². The number of carboxylic acids is 1. The van der Waals surface area contributed by atoms with E-state index in [2.05, 4.69) is 51.3 Å². The summed E-state index contributed by atoms with van der Waals surface area (Å²) in [5.74, 6) is -2.27. The zero-order valence-electron chi connectivity index (χ0n) is 19.8. The Bertz CT molecular complexity index is 1350. The third-order valence-corrected chi connectivity index (χ3v) is 6.29. The van der Waals surface area contributed by atoms with Gasteiger partial charge >= 0.3 is 12.1 Å². The van der Waals surface area contributed by atoms with Gasteiger partial charge in [-0.1, -0.05) is 48.5 Å². The molecule has 0 bridgehead atoms. The first-order valence-electron chi connectivity index (χ1n) is 11.7. The Labute approximate surface area is 210 Å². The average Bonchev–Trinajstić information content (AvgIpc) is 3.50. The maximum Gasteiger partial charge on any atom is 0.490 e. The number of nitrogens with one attached hydrogen (secondary N) is 1. The maximum atomic E-state index is 13.4.